The van der Waals surface area contributed by atoms with Gasteiger partial charge in [-0.2, -0.15) is 5.26 Å². The lowest BCUT2D eigenvalue weighted by Crippen LogP contribution is -2.12. The second-order valence-electron chi connectivity index (χ2n) is 4.15. The minimum Gasteiger partial charge on any atom is -0.507 e. The summed E-state index contributed by atoms with van der Waals surface area (Å²) in [6.45, 7) is 0. The molecule has 0 bridgehead atoms. The van der Waals surface area contributed by atoms with E-state index in [0.717, 1.165) is 5.56 Å². The van der Waals surface area contributed by atoms with E-state index in [4.69, 9.17) is 16.9 Å². The van der Waals surface area contributed by atoms with Gasteiger partial charge in [0.25, 0.3) is 5.91 Å². The number of hydrogen-bond donors (Lipinski definition) is 2. The number of phenols is 1. The second-order valence-corrected chi connectivity index (χ2v) is 4.58. The Morgan fingerprint density at radius 1 is 1.25 bits per heavy atom. The number of amides is 1. The number of carbonyl (C=O) groups excluding carboxylic acids is 1. The topological polar surface area (TPSA) is 73.1 Å². The van der Waals surface area contributed by atoms with Gasteiger partial charge in [-0.15, -0.1) is 0 Å². The summed E-state index contributed by atoms with van der Waals surface area (Å²) in [5, 5.41) is 21.3. The first kappa shape index (κ1) is 13.9. The highest BCUT2D eigenvalue weighted by atomic mass is 35.5. The molecule has 0 unspecified atom stereocenters. The Kier molecular flexibility index (Phi) is 4.24. The molecule has 0 heterocycles. The summed E-state index contributed by atoms with van der Waals surface area (Å²) in [5.41, 5.74) is 1.61. The van der Waals surface area contributed by atoms with Crippen LogP contribution in [0.25, 0.3) is 0 Å². The standard InChI is InChI=1S/C15H11ClN2O2/c16-11-3-6-13(14(19)9-11)15(20)18-12-4-1-10(2-5-12)7-8-17/h1-6,9,19H,7H2,(H,18,20). The molecule has 100 valence electrons. The van der Waals surface area contributed by atoms with Crippen LogP contribution < -0.4 is 5.32 Å². The first-order valence-corrected chi connectivity index (χ1v) is 6.23. The van der Waals surface area contributed by atoms with Gasteiger partial charge in [0.05, 0.1) is 18.1 Å². The Labute approximate surface area is 121 Å². The van der Waals surface area contributed by atoms with E-state index in [9.17, 15) is 9.90 Å². The van der Waals surface area contributed by atoms with Crippen molar-refractivity contribution in [2.75, 3.05) is 5.32 Å². The van der Waals surface area contributed by atoms with Crippen molar-refractivity contribution in [3.8, 4) is 11.8 Å². The van der Waals surface area contributed by atoms with Crippen LogP contribution in [0.3, 0.4) is 0 Å². The smallest absolute Gasteiger partial charge is 0.259 e. The molecule has 0 aromatic heterocycles. The van der Waals surface area contributed by atoms with E-state index in [-0.39, 0.29) is 11.3 Å². The van der Waals surface area contributed by atoms with E-state index in [1.54, 1.807) is 24.3 Å². The highest BCUT2D eigenvalue weighted by Crippen LogP contribution is 2.23. The molecular weight excluding hydrogens is 276 g/mol. The number of hydrogen-bond acceptors (Lipinski definition) is 3. The maximum atomic E-state index is 12.0. The van der Waals surface area contributed by atoms with E-state index in [1.807, 2.05) is 6.07 Å². The highest BCUT2D eigenvalue weighted by Gasteiger charge is 2.11. The molecule has 2 rings (SSSR count). The molecule has 0 aliphatic rings. The minimum absolute atomic E-state index is 0.149. The molecule has 0 atom stereocenters. The third-order valence-corrected chi connectivity index (χ3v) is 2.93. The summed E-state index contributed by atoms with van der Waals surface area (Å²) in [7, 11) is 0. The molecule has 2 N–H and O–H groups in total. The van der Waals surface area contributed by atoms with Crippen LogP contribution in [0.2, 0.25) is 5.02 Å². The third-order valence-electron chi connectivity index (χ3n) is 2.70. The van der Waals surface area contributed by atoms with Gasteiger partial charge in [-0.05, 0) is 35.9 Å². The van der Waals surface area contributed by atoms with Crippen LogP contribution in [-0.2, 0) is 6.42 Å². The molecule has 5 heteroatoms. The van der Waals surface area contributed by atoms with Crippen molar-refractivity contribution in [3.05, 3.63) is 58.6 Å². The number of nitriles is 1. The fraction of sp³-hybridized carbons (Fsp3) is 0.0667. The zero-order chi connectivity index (χ0) is 14.5. The number of phenolic OH excluding ortho intramolecular Hbond substituents is 1. The molecule has 0 radical (unpaired) electrons. The largest absolute Gasteiger partial charge is 0.507 e. The molecule has 0 saturated heterocycles. The number of rotatable bonds is 3. The fourth-order valence-electron chi connectivity index (χ4n) is 1.69. The maximum Gasteiger partial charge on any atom is 0.259 e. The van der Waals surface area contributed by atoms with Gasteiger partial charge in [0, 0.05) is 10.7 Å². The monoisotopic (exact) mass is 286 g/mol. The van der Waals surface area contributed by atoms with E-state index >= 15 is 0 Å². The molecule has 0 aliphatic heterocycles. The zero-order valence-electron chi connectivity index (χ0n) is 10.4. The van der Waals surface area contributed by atoms with Crippen LogP contribution >= 0.6 is 11.6 Å². The maximum absolute atomic E-state index is 12.0. The highest BCUT2D eigenvalue weighted by molar-refractivity contribution is 6.30. The van der Waals surface area contributed by atoms with Crippen LogP contribution in [0.5, 0.6) is 5.75 Å². The molecule has 0 fully saturated rings. The molecule has 1 amide bonds. The Hall–Kier alpha value is -2.51. The van der Waals surface area contributed by atoms with Gasteiger partial charge >= 0.3 is 0 Å². The molecule has 0 saturated carbocycles. The number of nitrogens with one attached hydrogen (secondary N) is 1. The summed E-state index contributed by atoms with van der Waals surface area (Å²) >= 11 is 5.71. The van der Waals surface area contributed by atoms with E-state index in [0.29, 0.717) is 17.1 Å². The van der Waals surface area contributed by atoms with Gasteiger partial charge in [-0.1, -0.05) is 23.7 Å². The van der Waals surface area contributed by atoms with Gasteiger partial charge < -0.3 is 10.4 Å². The normalized spacial score (nSPS) is 9.80. The summed E-state index contributed by atoms with van der Waals surface area (Å²) < 4.78 is 0. The van der Waals surface area contributed by atoms with Crippen LogP contribution in [0.1, 0.15) is 15.9 Å². The lowest BCUT2D eigenvalue weighted by atomic mass is 10.1. The number of anilines is 1. The quantitative estimate of drug-likeness (QED) is 0.908. The predicted octanol–water partition coefficient (Wildman–Crippen LogP) is 3.36. The summed E-state index contributed by atoms with van der Waals surface area (Å²) in [4.78, 5) is 12.0. The van der Waals surface area contributed by atoms with Gasteiger partial charge in [0.15, 0.2) is 0 Å². The molecule has 2 aromatic carbocycles. The van der Waals surface area contributed by atoms with Gasteiger partial charge in [-0.25, -0.2) is 0 Å². The first-order valence-electron chi connectivity index (χ1n) is 5.86. The Balaban J connectivity index is 2.13. The summed E-state index contributed by atoms with van der Waals surface area (Å²) in [6.07, 6.45) is 0.326. The first-order chi connectivity index (χ1) is 9.60. The van der Waals surface area contributed by atoms with Crippen molar-refractivity contribution in [1.82, 2.24) is 0 Å². The Morgan fingerprint density at radius 2 is 1.95 bits per heavy atom. The predicted molar refractivity (Wildman–Crippen MR) is 76.8 cm³/mol. The van der Waals surface area contributed by atoms with Gasteiger partial charge in [-0.3, -0.25) is 4.79 Å². The molecule has 0 spiro atoms. The third kappa shape index (κ3) is 3.28. The van der Waals surface area contributed by atoms with Crippen molar-refractivity contribution < 1.29 is 9.90 Å². The summed E-state index contributed by atoms with van der Waals surface area (Å²) in [5.74, 6) is -0.594. The van der Waals surface area contributed by atoms with Crippen molar-refractivity contribution in [1.29, 1.82) is 5.26 Å². The Morgan fingerprint density at radius 3 is 2.55 bits per heavy atom. The average molecular weight is 287 g/mol. The van der Waals surface area contributed by atoms with Crippen molar-refractivity contribution in [2.24, 2.45) is 0 Å². The molecule has 0 aliphatic carbocycles. The SMILES string of the molecule is N#CCc1ccc(NC(=O)c2ccc(Cl)cc2O)cc1. The zero-order valence-corrected chi connectivity index (χ0v) is 11.2. The summed E-state index contributed by atoms with van der Waals surface area (Å²) in [6, 6.07) is 13.3. The molecular formula is C15H11ClN2O2. The Bertz CT molecular complexity index is 675. The van der Waals surface area contributed by atoms with Crippen LogP contribution in [0.4, 0.5) is 5.69 Å². The van der Waals surface area contributed by atoms with E-state index < -0.39 is 5.91 Å². The second kappa shape index (κ2) is 6.09. The number of benzene rings is 2. The van der Waals surface area contributed by atoms with Crippen molar-refractivity contribution in [2.45, 2.75) is 6.42 Å². The van der Waals surface area contributed by atoms with Crippen molar-refractivity contribution >= 4 is 23.2 Å². The number of nitrogens with zero attached hydrogens (tertiary/aromatic N) is 1. The van der Waals surface area contributed by atoms with Crippen LogP contribution in [0.15, 0.2) is 42.5 Å². The van der Waals surface area contributed by atoms with Crippen molar-refractivity contribution in [3.63, 3.8) is 0 Å². The number of aromatic hydroxyl groups is 1. The van der Waals surface area contributed by atoms with Crippen LogP contribution in [-0.4, -0.2) is 11.0 Å². The van der Waals surface area contributed by atoms with E-state index in [1.165, 1.54) is 18.2 Å². The molecule has 2 aromatic rings. The van der Waals surface area contributed by atoms with Gasteiger partial charge in [0.1, 0.15) is 5.75 Å². The van der Waals surface area contributed by atoms with E-state index in [2.05, 4.69) is 5.32 Å². The number of halogens is 1. The van der Waals surface area contributed by atoms with Crippen LogP contribution in [0, 0.1) is 11.3 Å². The fourth-order valence-corrected chi connectivity index (χ4v) is 1.86. The minimum atomic E-state index is -0.424. The molecule has 20 heavy (non-hydrogen) atoms. The molecule has 4 nitrogen and oxygen atoms in total. The average Bonchev–Trinajstić information content (AvgIpc) is 2.41. The lowest BCUT2D eigenvalue weighted by Gasteiger charge is -2.07. The lowest BCUT2D eigenvalue weighted by molar-refractivity contribution is 0.102. The number of carbonyl (C=O) groups is 1. The van der Waals surface area contributed by atoms with Gasteiger partial charge in [0.2, 0.25) is 0 Å².